The van der Waals surface area contributed by atoms with Gasteiger partial charge in [0.1, 0.15) is 11.6 Å². The Hall–Kier alpha value is -1.68. The lowest BCUT2D eigenvalue weighted by atomic mass is 9.70. The number of ether oxygens (including phenoxy) is 1. The number of halogens is 2. The quantitative estimate of drug-likeness (QED) is 0.458. The molecule has 3 aliphatic heterocycles. The fraction of sp³-hybridized carbons (Fsp3) is 0.609. The molecule has 0 radical (unpaired) electrons. The zero-order valence-electron chi connectivity index (χ0n) is 18.8. The lowest BCUT2D eigenvalue weighted by Crippen LogP contribution is -2.56. The highest BCUT2D eigenvalue weighted by Gasteiger charge is 2.76. The molecule has 8 nitrogen and oxygen atoms in total. The number of aliphatic hydroxyl groups is 1. The van der Waals surface area contributed by atoms with E-state index in [1.54, 1.807) is 24.3 Å². The summed E-state index contributed by atoms with van der Waals surface area (Å²) in [4.78, 5) is 41.7. The molecule has 3 amide bonds. The van der Waals surface area contributed by atoms with E-state index in [9.17, 15) is 19.5 Å². The first-order valence-electron chi connectivity index (χ1n) is 11.2. The van der Waals surface area contributed by atoms with Crippen LogP contribution in [0.2, 0.25) is 5.02 Å². The van der Waals surface area contributed by atoms with Crippen LogP contribution in [-0.2, 0) is 19.1 Å². The van der Waals surface area contributed by atoms with E-state index in [-0.39, 0.29) is 29.2 Å². The van der Waals surface area contributed by atoms with Crippen LogP contribution in [0, 0.1) is 17.8 Å². The number of carbonyl (C=O) groups excluding carboxylic acids is 3. The van der Waals surface area contributed by atoms with E-state index < -0.39 is 41.5 Å². The number of hydrogen-bond acceptors (Lipinski definition) is 5. The van der Waals surface area contributed by atoms with Crippen molar-refractivity contribution in [2.24, 2.45) is 17.8 Å². The Morgan fingerprint density at radius 3 is 2.55 bits per heavy atom. The molecule has 3 unspecified atom stereocenters. The van der Waals surface area contributed by atoms with Gasteiger partial charge in [0.2, 0.25) is 17.7 Å². The van der Waals surface area contributed by atoms with Crippen LogP contribution in [0.3, 0.4) is 0 Å². The number of benzene rings is 1. The minimum atomic E-state index is -1.16. The smallest absolute Gasteiger partial charge is 0.250 e. The molecule has 0 saturated carbocycles. The minimum absolute atomic E-state index is 0.174. The molecular weight excluding hydrogens is 514 g/mol. The first-order valence-corrected chi connectivity index (χ1v) is 12.5. The topological polar surface area (TPSA) is 108 Å². The molecule has 2 bridgehead atoms. The van der Waals surface area contributed by atoms with E-state index in [1.165, 1.54) is 11.9 Å². The molecule has 3 N–H and O–H groups in total. The Labute approximate surface area is 206 Å². The predicted octanol–water partition coefficient (Wildman–Crippen LogP) is 2.18. The van der Waals surface area contributed by atoms with Gasteiger partial charge in [0.15, 0.2) is 0 Å². The maximum atomic E-state index is 13.8. The Morgan fingerprint density at radius 2 is 1.97 bits per heavy atom. The normalized spacial score (nSPS) is 33.4. The van der Waals surface area contributed by atoms with Gasteiger partial charge < -0.3 is 25.4 Å². The van der Waals surface area contributed by atoms with Gasteiger partial charge in [-0.15, -0.1) is 0 Å². The third-order valence-corrected chi connectivity index (χ3v) is 8.08. The van der Waals surface area contributed by atoms with E-state index in [1.807, 2.05) is 13.8 Å². The SMILES string of the molecule is CNC(=O)[C@H]1[C@H]2C(=O)N([C@@H](CO)CC(C)C)C(C(=O)Nc3ccc(Cl)cc3)C23CC(Br)[C@@H]1O3. The highest BCUT2D eigenvalue weighted by atomic mass is 79.9. The van der Waals surface area contributed by atoms with Crippen LogP contribution in [0.5, 0.6) is 0 Å². The summed E-state index contributed by atoms with van der Waals surface area (Å²) < 4.78 is 6.39. The molecule has 1 aromatic carbocycles. The Morgan fingerprint density at radius 1 is 1.30 bits per heavy atom. The van der Waals surface area contributed by atoms with Crippen LogP contribution in [0.15, 0.2) is 24.3 Å². The fourth-order valence-electron chi connectivity index (χ4n) is 5.79. The van der Waals surface area contributed by atoms with Crippen LogP contribution in [0.25, 0.3) is 0 Å². The van der Waals surface area contributed by atoms with E-state index in [4.69, 9.17) is 16.3 Å². The van der Waals surface area contributed by atoms with Crippen molar-refractivity contribution in [3.63, 3.8) is 0 Å². The average molecular weight is 543 g/mol. The second-order valence-corrected chi connectivity index (χ2v) is 11.1. The highest BCUT2D eigenvalue weighted by Crippen LogP contribution is 2.60. The summed E-state index contributed by atoms with van der Waals surface area (Å²) in [5.74, 6) is -2.33. The average Bonchev–Trinajstić information content (AvgIpc) is 3.36. The van der Waals surface area contributed by atoms with Crippen molar-refractivity contribution in [2.45, 2.75) is 55.3 Å². The molecule has 3 saturated heterocycles. The number of nitrogens with one attached hydrogen (secondary N) is 2. The van der Waals surface area contributed by atoms with Gasteiger partial charge in [-0.05, 0) is 43.0 Å². The lowest BCUT2D eigenvalue weighted by Gasteiger charge is -2.37. The molecule has 0 aliphatic carbocycles. The standard InChI is InChI=1S/C23H29BrClN3O5/c1-11(2)8-14(10-29)28-19(21(31)27-13-6-4-12(25)5-7-13)23-9-15(24)18(33-23)16(20(30)26-3)17(23)22(28)32/h4-7,11,14-19,29H,8-10H2,1-3H3,(H,26,30)(H,27,31)/t14-,15?,16+,17+,18+,19?,23?/m1/s1. The number of likely N-dealkylation sites (tertiary alicyclic amines) is 1. The number of anilines is 1. The number of aliphatic hydroxyl groups excluding tert-OH is 1. The van der Waals surface area contributed by atoms with E-state index in [2.05, 4.69) is 26.6 Å². The zero-order valence-corrected chi connectivity index (χ0v) is 21.1. The first-order chi connectivity index (χ1) is 15.6. The molecule has 7 atom stereocenters. The van der Waals surface area contributed by atoms with Crippen molar-refractivity contribution in [1.29, 1.82) is 0 Å². The molecule has 1 aromatic rings. The van der Waals surface area contributed by atoms with Gasteiger partial charge in [0.05, 0.1) is 30.6 Å². The molecule has 3 aliphatic rings. The molecule has 4 rings (SSSR count). The third-order valence-electron chi connectivity index (χ3n) is 6.98. The predicted molar refractivity (Wildman–Crippen MR) is 127 cm³/mol. The number of carbonyl (C=O) groups is 3. The number of fused-ring (bicyclic) bond motifs is 1. The Bertz CT molecular complexity index is 945. The van der Waals surface area contributed by atoms with E-state index >= 15 is 0 Å². The van der Waals surface area contributed by atoms with Crippen molar-refractivity contribution in [3.8, 4) is 0 Å². The molecule has 180 valence electrons. The summed E-state index contributed by atoms with van der Waals surface area (Å²) in [5.41, 5.74) is -0.625. The third kappa shape index (κ3) is 3.96. The van der Waals surface area contributed by atoms with Crippen LogP contribution in [0.4, 0.5) is 5.69 Å². The van der Waals surface area contributed by atoms with E-state index in [0.717, 1.165) is 0 Å². The molecule has 3 fully saturated rings. The fourth-order valence-corrected chi connectivity index (χ4v) is 6.86. The summed E-state index contributed by atoms with van der Waals surface area (Å²) in [7, 11) is 1.53. The zero-order chi connectivity index (χ0) is 24.1. The number of nitrogens with zero attached hydrogens (tertiary/aromatic N) is 1. The number of alkyl halides is 1. The second kappa shape index (κ2) is 9.17. The molecule has 0 aromatic heterocycles. The first kappa shape index (κ1) is 24.4. The lowest BCUT2D eigenvalue weighted by molar-refractivity contribution is -0.144. The van der Waals surface area contributed by atoms with Crippen LogP contribution in [-0.4, -0.2) is 70.0 Å². The molecule has 10 heteroatoms. The highest BCUT2D eigenvalue weighted by molar-refractivity contribution is 9.09. The molecule has 33 heavy (non-hydrogen) atoms. The van der Waals surface area contributed by atoms with Crippen LogP contribution in [0.1, 0.15) is 26.7 Å². The van der Waals surface area contributed by atoms with E-state index in [0.29, 0.717) is 23.6 Å². The summed E-state index contributed by atoms with van der Waals surface area (Å²) in [6.45, 7) is 3.70. The Balaban J connectivity index is 1.77. The summed E-state index contributed by atoms with van der Waals surface area (Å²) >= 11 is 9.59. The van der Waals surface area contributed by atoms with Gasteiger partial charge in [-0.3, -0.25) is 14.4 Å². The van der Waals surface area contributed by atoms with Gasteiger partial charge in [0.25, 0.3) is 0 Å². The molecule has 3 heterocycles. The summed E-state index contributed by atoms with van der Waals surface area (Å²) in [6.07, 6.45) is 0.419. The van der Waals surface area contributed by atoms with Crippen molar-refractivity contribution in [2.75, 3.05) is 19.0 Å². The van der Waals surface area contributed by atoms with Gasteiger partial charge in [-0.25, -0.2) is 0 Å². The monoisotopic (exact) mass is 541 g/mol. The number of amides is 3. The van der Waals surface area contributed by atoms with Crippen molar-refractivity contribution >= 4 is 50.9 Å². The van der Waals surface area contributed by atoms with Crippen LogP contribution < -0.4 is 10.6 Å². The maximum Gasteiger partial charge on any atom is 0.250 e. The van der Waals surface area contributed by atoms with Crippen LogP contribution >= 0.6 is 27.5 Å². The maximum absolute atomic E-state index is 13.8. The van der Waals surface area contributed by atoms with Crippen molar-refractivity contribution < 1.29 is 24.2 Å². The van der Waals surface area contributed by atoms with Gasteiger partial charge in [-0.2, -0.15) is 0 Å². The second-order valence-electron chi connectivity index (χ2n) is 9.49. The number of hydrogen-bond donors (Lipinski definition) is 3. The summed E-state index contributed by atoms with van der Waals surface area (Å²) in [6, 6.07) is 5.14. The Kier molecular flexibility index (Phi) is 6.79. The van der Waals surface area contributed by atoms with Crippen molar-refractivity contribution in [1.82, 2.24) is 10.2 Å². The number of rotatable bonds is 7. The van der Waals surface area contributed by atoms with Gasteiger partial charge in [0, 0.05) is 22.6 Å². The van der Waals surface area contributed by atoms with Gasteiger partial charge >= 0.3 is 0 Å². The molecule has 1 spiro atoms. The van der Waals surface area contributed by atoms with Crippen molar-refractivity contribution in [3.05, 3.63) is 29.3 Å². The largest absolute Gasteiger partial charge is 0.394 e. The summed E-state index contributed by atoms with van der Waals surface area (Å²) in [5, 5.41) is 16.3. The minimum Gasteiger partial charge on any atom is -0.394 e. The molecular formula is C23H29BrClN3O5. The van der Waals surface area contributed by atoms with Gasteiger partial charge in [-0.1, -0.05) is 41.4 Å².